The van der Waals surface area contributed by atoms with E-state index in [9.17, 15) is 8.76 Å². The molecule has 2 aromatic heterocycles. The molecule has 1 atom stereocenters. The molecule has 2 aromatic rings. The first-order chi connectivity index (χ1) is 11.1. The van der Waals surface area contributed by atoms with E-state index in [0.717, 1.165) is 53.7 Å². The van der Waals surface area contributed by atoms with Gasteiger partial charge in [0.05, 0.1) is 4.47 Å². The third-order valence-corrected chi connectivity index (χ3v) is 5.40. The molecule has 0 amide bonds. The number of aryl methyl sites for hydroxylation is 1. The van der Waals surface area contributed by atoms with Gasteiger partial charge in [0.25, 0.3) is 0 Å². The molecular weight excluding hydrogens is 382 g/mol. The Morgan fingerprint density at radius 3 is 2.87 bits per heavy atom. The van der Waals surface area contributed by atoms with Crippen molar-refractivity contribution in [2.75, 3.05) is 24.5 Å². The average molecular weight is 401 g/mol. The SMILES string of the molecule is Cn1cc(Br)c2ncnc(N3CCC(CCNS(=O)[O-])CC3)c21. The van der Waals surface area contributed by atoms with E-state index in [2.05, 4.69) is 35.5 Å². The maximum Gasteiger partial charge on any atom is 0.156 e. The summed E-state index contributed by atoms with van der Waals surface area (Å²) in [7, 11) is 2.00. The molecule has 0 aromatic carbocycles. The van der Waals surface area contributed by atoms with Crippen molar-refractivity contribution < 1.29 is 8.76 Å². The van der Waals surface area contributed by atoms with Crippen molar-refractivity contribution in [3.8, 4) is 0 Å². The third kappa shape index (κ3) is 3.73. The van der Waals surface area contributed by atoms with Gasteiger partial charge in [0.1, 0.15) is 17.4 Å². The number of anilines is 1. The van der Waals surface area contributed by atoms with Crippen LogP contribution in [0.2, 0.25) is 0 Å². The van der Waals surface area contributed by atoms with Crippen LogP contribution < -0.4 is 9.62 Å². The fraction of sp³-hybridized carbons (Fsp3) is 0.571. The van der Waals surface area contributed by atoms with Crippen molar-refractivity contribution in [3.63, 3.8) is 0 Å². The van der Waals surface area contributed by atoms with E-state index in [1.165, 1.54) is 0 Å². The number of rotatable bonds is 5. The maximum atomic E-state index is 10.5. The van der Waals surface area contributed by atoms with Gasteiger partial charge in [-0.1, -0.05) is 0 Å². The zero-order valence-corrected chi connectivity index (χ0v) is 15.3. The van der Waals surface area contributed by atoms with Crippen LogP contribution in [0.4, 0.5) is 5.82 Å². The van der Waals surface area contributed by atoms with Crippen molar-refractivity contribution in [3.05, 3.63) is 17.0 Å². The first-order valence-electron chi connectivity index (χ1n) is 7.59. The normalized spacial score (nSPS) is 17.8. The Morgan fingerprint density at radius 1 is 1.43 bits per heavy atom. The summed E-state index contributed by atoms with van der Waals surface area (Å²) in [5, 5.41) is 0. The van der Waals surface area contributed by atoms with Crippen molar-refractivity contribution in [2.24, 2.45) is 13.0 Å². The molecule has 23 heavy (non-hydrogen) atoms. The number of halogens is 1. The zero-order valence-electron chi connectivity index (χ0n) is 12.9. The molecule has 1 aliphatic rings. The molecule has 1 N–H and O–H groups in total. The zero-order chi connectivity index (χ0) is 16.4. The molecule has 1 unspecified atom stereocenters. The average Bonchev–Trinajstić information content (AvgIpc) is 2.83. The van der Waals surface area contributed by atoms with Gasteiger partial charge in [0.2, 0.25) is 0 Å². The lowest BCUT2D eigenvalue weighted by Crippen LogP contribution is -2.35. The number of hydrogen-bond acceptors (Lipinski definition) is 5. The molecule has 0 radical (unpaired) electrons. The van der Waals surface area contributed by atoms with Crippen LogP contribution in [0, 0.1) is 5.92 Å². The van der Waals surface area contributed by atoms with Gasteiger partial charge in [-0.15, -0.1) is 0 Å². The highest BCUT2D eigenvalue weighted by Gasteiger charge is 2.23. The largest absolute Gasteiger partial charge is 0.760 e. The van der Waals surface area contributed by atoms with Gasteiger partial charge in [0, 0.05) is 44.1 Å². The van der Waals surface area contributed by atoms with Crippen molar-refractivity contribution >= 4 is 44.0 Å². The smallest absolute Gasteiger partial charge is 0.156 e. The first kappa shape index (κ1) is 16.8. The van der Waals surface area contributed by atoms with E-state index in [1.54, 1.807) is 6.33 Å². The molecule has 9 heteroatoms. The molecule has 3 heterocycles. The molecule has 0 aliphatic carbocycles. The molecule has 1 aliphatic heterocycles. The Morgan fingerprint density at radius 2 is 2.17 bits per heavy atom. The van der Waals surface area contributed by atoms with Crippen LogP contribution in [-0.4, -0.2) is 42.9 Å². The number of nitrogens with one attached hydrogen (secondary N) is 1. The van der Waals surface area contributed by atoms with Crippen molar-refractivity contribution in [1.82, 2.24) is 19.3 Å². The quantitative estimate of drug-likeness (QED) is 0.772. The van der Waals surface area contributed by atoms with Gasteiger partial charge in [-0.05, 0) is 41.1 Å². The molecule has 0 saturated carbocycles. The van der Waals surface area contributed by atoms with E-state index in [-0.39, 0.29) is 0 Å². The Hall–Kier alpha value is -1.03. The van der Waals surface area contributed by atoms with Crippen LogP contribution in [0.3, 0.4) is 0 Å². The lowest BCUT2D eigenvalue weighted by molar-refractivity contribution is 0.380. The van der Waals surface area contributed by atoms with Crippen LogP contribution in [-0.2, 0) is 18.3 Å². The highest BCUT2D eigenvalue weighted by Crippen LogP contribution is 2.32. The minimum Gasteiger partial charge on any atom is -0.760 e. The lowest BCUT2D eigenvalue weighted by Gasteiger charge is -2.33. The van der Waals surface area contributed by atoms with E-state index >= 15 is 0 Å². The Labute approximate surface area is 146 Å². The standard InChI is InChI=1S/C14H20BrN5O2S/c1-19-8-11(15)12-13(19)14(17-9-16-12)20-6-3-10(4-7-20)2-5-18-23(21)22/h8-10,18H,2-7H2,1H3,(H,21,22)/p-1. The van der Waals surface area contributed by atoms with Gasteiger partial charge in [0.15, 0.2) is 5.82 Å². The number of fused-ring (bicyclic) bond motifs is 1. The molecule has 3 rings (SSSR count). The first-order valence-corrected chi connectivity index (χ1v) is 9.46. The van der Waals surface area contributed by atoms with Gasteiger partial charge >= 0.3 is 0 Å². The van der Waals surface area contributed by atoms with Gasteiger partial charge in [-0.2, -0.15) is 0 Å². The van der Waals surface area contributed by atoms with E-state index in [0.29, 0.717) is 12.5 Å². The fourth-order valence-corrected chi connectivity index (χ4v) is 4.06. The van der Waals surface area contributed by atoms with E-state index < -0.39 is 11.3 Å². The summed E-state index contributed by atoms with van der Waals surface area (Å²) in [5.74, 6) is 1.53. The van der Waals surface area contributed by atoms with Gasteiger partial charge < -0.3 is 14.0 Å². The second-order valence-electron chi connectivity index (χ2n) is 5.83. The maximum absolute atomic E-state index is 10.5. The number of piperidine rings is 1. The summed E-state index contributed by atoms with van der Waals surface area (Å²) < 4.78 is 26.5. The van der Waals surface area contributed by atoms with Crippen molar-refractivity contribution in [1.29, 1.82) is 0 Å². The molecule has 0 spiro atoms. The monoisotopic (exact) mass is 400 g/mol. The summed E-state index contributed by atoms with van der Waals surface area (Å²) in [6.07, 6.45) is 6.59. The summed E-state index contributed by atoms with van der Waals surface area (Å²) in [4.78, 5) is 11.1. The Bertz CT molecular complexity index is 715. The van der Waals surface area contributed by atoms with Crippen LogP contribution in [0.25, 0.3) is 11.0 Å². The van der Waals surface area contributed by atoms with E-state index in [1.807, 2.05) is 17.8 Å². The van der Waals surface area contributed by atoms with E-state index in [4.69, 9.17) is 0 Å². The highest BCUT2D eigenvalue weighted by molar-refractivity contribution is 9.10. The van der Waals surface area contributed by atoms with Gasteiger partial charge in [-0.3, -0.25) is 4.21 Å². The fourth-order valence-electron chi connectivity index (χ4n) is 3.18. The Balaban J connectivity index is 1.67. The van der Waals surface area contributed by atoms with Gasteiger partial charge in [-0.25, -0.2) is 14.7 Å². The van der Waals surface area contributed by atoms with Crippen LogP contribution in [0.5, 0.6) is 0 Å². The number of aromatic nitrogens is 3. The second kappa shape index (κ2) is 7.25. The number of hydrogen-bond donors (Lipinski definition) is 1. The highest BCUT2D eigenvalue weighted by atomic mass is 79.9. The molecular formula is C14H19BrN5O2S-. The predicted molar refractivity (Wildman–Crippen MR) is 92.7 cm³/mol. The topological polar surface area (TPSA) is 86.1 Å². The van der Waals surface area contributed by atoms with Crippen LogP contribution >= 0.6 is 15.9 Å². The molecule has 0 bridgehead atoms. The summed E-state index contributed by atoms with van der Waals surface area (Å²) >= 11 is 1.38. The summed E-state index contributed by atoms with van der Waals surface area (Å²) in [6.45, 7) is 2.38. The predicted octanol–water partition coefficient (Wildman–Crippen LogP) is 1.72. The molecule has 7 nitrogen and oxygen atoms in total. The second-order valence-corrected chi connectivity index (χ2v) is 7.44. The Kier molecular flexibility index (Phi) is 5.30. The van der Waals surface area contributed by atoms with Crippen LogP contribution in [0.15, 0.2) is 17.0 Å². The minimum absolute atomic E-state index is 0.517. The van der Waals surface area contributed by atoms with Crippen LogP contribution in [0.1, 0.15) is 19.3 Å². The minimum atomic E-state index is -2.16. The summed E-state index contributed by atoms with van der Waals surface area (Å²) in [5.41, 5.74) is 1.97. The number of nitrogens with zero attached hydrogens (tertiary/aromatic N) is 4. The van der Waals surface area contributed by atoms with Crippen molar-refractivity contribution in [2.45, 2.75) is 19.3 Å². The third-order valence-electron chi connectivity index (χ3n) is 4.38. The summed E-state index contributed by atoms with van der Waals surface area (Å²) in [6, 6.07) is 0. The lowest BCUT2D eigenvalue weighted by atomic mass is 9.93. The molecule has 1 fully saturated rings. The molecule has 1 saturated heterocycles. The molecule has 126 valence electrons.